The Bertz CT molecular complexity index is 603. The SMILES string of the molecule is CCc1nccc(CN2CCCC2c2c(C)noc2C)n1. The van der Waals surface area contributed by atoms with Gasteiger partial charge in [-0.3, -0.25) is 4.90 Å². The normalized spacial score (nSPS) is 19.3. The Balaban J connectivity index is 1.81. The van der Waals surface area contributed by atoms with Crippen molar-refractivity contribution in [3.8, 4) is 0 Å². The molecule has 0 N–H and O–H groups in total. The Morgan fingerprint density at radius 3 is 2.95 bits per heavy atom. The van der Waals surface area contributed by atoms with Crippen LogP contribution in [0.25, 0.3) is 0 Å². The highest BCUT2D eigenvalue weighted by atomic mass is 16.5. The molecule has 1 saturated heterocycles. The van der Waals surface area contributed by atoms with Crippen molar-refractivity contribution < 1.29 is 4.52 Å². The summed E-state index contributed by atoms with van der Waals surface area (Å²) < 4.78 is 5.34. The van der Waals surface area contributed by atoms with Gasteiger partial charge in [-0.1, -0.05) is 12.1 Å². The summed E-state index contributed by atoms with van der Waals surface area (Å²) in [4.78, 5) is 11.4. The molecule has 0 aromatic carbocycles. The summed E-state index contributed by atoms with van der Waals surface area (Å²) in [6.07, 6.45) is 5.11. The van der Waals surface area contributed by atoms with E-state index in [-0.39, 0.29) is 0 Å². The lowest BCUT2D eigenvalue weighted by molar-refractivity contribution is 0.242. The molecule has 1 atom stereocenters. The van der Waals surface area contributed by atoms with Crippen molar-refractivity contribution in [3.63, 3.8) is 0 Å². The zero-order valence-electron chi connectivity index (χ0n) is 13.0. The van der Waals surface area contributed by atoms with E-state index in [9.17, 15) is 0 Å². The van der Waals surface area contributed by atoms with E-state index in [1.165, 1.54) is 12.0 Å². The van der Waals surface area contributed by atoms with Gasteiger partial charge in [0.2, 0.25) is 0 Å². The molecule has 0 saturated carbocycles. The zero-order valence-corrected chi connectivity index (χ0v) is 13.0. The second-order valence-corrected chi connectivity index (χ2v) is 5.68. The van der Waals surface area contributed by atoms with Gasteiger partial charge in [0.25, 0.3) is 0 Å². The number of likely N-dealkylation sites (tertiary alicyclic amines) is 1. The molecule has 3 rings (SSSR count). The largest absolute Gasteiger partial charge is 0.361 e. The highest BCUT2D eigenvalue weighted by Crippen LogP contribution is 2.36. The number of aromatic nitrogens is 3. The van der Waals surface area contributed by atoms with Crippen molar-refractivity contribution >= 4 is 0 Å². The van der Waals surface area contributed by atoms with Crippen molar-refractivity contribution in [1.29, 1.82) is 0 Å². The molecule has 1 aliphatic rings. The van der Waals surface area contributed by atoms with E-state index in [1.807, 2.05) is 26.1 Å². The Labute approximate surface area is 125 Å². The molecule has 0 aliphatic carbocycles. The molecule has 21 heavy (non-hydrogen) atoms. The summed E-state index contributed by atoms with van der Waals surface area (Å²) in [6.45, 7) is 8.08. The Kier molecular flexibility index (Phi) is 4.01. The maximum atomic E-state index is 5.34. The maximum Gasteiger partial charge on any atom is 0.138 e. The van der Waals surface area contributed by atoms with Crippen LogP contribution in [0.4, 0.5) is 0 Å². The molecule has 1 aliphatic heterocycles. The van der Waals surface area contributed by atoms with Gasteiger partial charge in [0.1, 0.15) is 11.6 Å². The summed E-state index contributed by atoms with van der Waals surface area (Å²) in [5, 5.41) is 4.10. The number of hydrogen-bond acceptors (Lipinski definition) is 5. The minimum atomic E-state index is 0.399. The predicted octanol–water partition coefficient (Wildman–Crippen LogP) is 2.98. The fourth-order valence-electron chi connectivity index (χ4n) is 3.22. The second kappa shape index (κ2) is 5.93. The molecular formula is C16H22N4O. The summed E-state index contributed by atoms with van der Waals surface area (Å²) in [6, 6.07) is 2.42. The van der Waals surface area contributed by atoms with Gasteiger partial charge in [-0.15, -0.1) is 0 Å². The summed E-state index contributed by atoms with van der Waals surface area (Å²) in [7, 11) is 0. The third kappa shape index (κ3) is 2.83. The Morgan fingerprint density at radius 1 is 1.38 bits per heavy atom. The standard InChI is InChI=1S/C16H22N4O/c1-4-15-17-8-7-13(18-15)10-20-9-5-6-14(20)16-11(2)19-21-12(16)3/h7-8,14H,4-6,9-10H2,1-3H3. The summed E-state index contributed by atoms with van der Waals surface area (Å²) in [5.74, 6) is 1.86. The first-order valence-corrected chi connectivity index (χ1v) is 7.66. The minimum Gasteiger partial charge on any atom is -0.361 e. The van der Waals surface area contributed by atoms with Crippen LogP contribution in [0.15, 0.2) is 16.8 Å². The van der Waals surface area contributed by atoms with Gasteiger partial charge >= 0.3 is 0 Å². The van der Waals surface area contributed by atoms with Crippen LogP contribution in [0.1, 0.15) is 54.3 Å². The number of hydrogen-bond donors (Lipinski definition) is 0. The van der Waals surface area contributed by atoms with Crippen LogP contribution in [0.5, 0.6) is 0 Å². The fraction of sp³-hybridized carbons (Fsp3) is 0.562. The van der Waals surface area contributed by atoms with Crippen LogP contribution in [0.3, 0.4) is 0 Å². The van der Waals surface area contributed by atoms with Crippen LogP contribution >= 0.6 is 0 Å². The third-order valence-electron chi connectivity index (χ3n) is 4.23. The topological polar surface area (TPSA) is 55.1 Å². The Hall–Kier alpha value is -1.75. The van der Waals surface area contributed by atoms with Crippen LogP contribution in [0, 0.1) is 13.8 Å². The lowest BCUT2D eigenvalue weighted by atomic mass is 10.0. The van der Waals surface area contributed by atoms with Gasteiger partial charge in [-0.2, -0.15) is 0 Å². The van der Waals surface area contributed by atoms with Gasteiger partial charge in [-0.25, -0.2) is 9.97 Å². The van der Waals surface area contributed by atoms with Gasteiger partial charge in [0, 0.05) is 30.8 Å². The monoisotopic (exact) mass is 286 g/mol. The van der Waals surface area contributed by atoms with Crippen molar-refractivity contribution in [3.05, 3.63) is 40.8 Å². The molecule has 0 radical (unpaired) electrons. The van der Waals surface area contributed by atoms with E-state index in [0.717, 1.165) is 48.9 Å². The average molecular weight is 286 g/mol. The zero-order chi connectivity index (χ0) is 14.8. The Morgan fingerprint density at radius 2 is 2.24 bits per heavy atom. The molecule has 3 heterocycles. The molecular weight excluding hydrogens is 264 g/mol. The average Bonchev–Trinajstić information content (AvgIpc) is 3.06. The van der Waals surface area contributed by atoms with Crippen LogP contribution in [-0.2, 0) is 13.0 Å². The van der Waals surface area contributed by atoms with Gasteiger partial charge < -0.3 is 4.52 Å². The molecule has 0 spiro atoms. The van der Waals surface area contributed by atoms with Crippen LogP contribution in [0.2, 0.25) is 0 Å². The molecule has 5 heteroatoms. The maximum absolute atomic E-state index is 5.34. The fourth-order valence-corrected chi connectivity index (χ4v) is 3.22. The van der Waals surface area contributed by atoms with Crippen LogP contribution in [-0.4, -0.2) is 26.6 Å². The quantitative estimate of drug-likeness (QED) is 0.865. The van der Waals surface area contributed by atoms with E-state index < -0.39 is 0 Å². The van der Waals surface area contributed by atoms with E-state index in [0.29, 0.717) is 6.04 Å². The summed E-state index contributed by atoms with van der Waals surface area (Å²) >= 11 is 0. The van der Waals surface area contributed by atoms with Crippen molar-refractivity contribution in [2.24, 2.45) is 0 Å². The highest BCUT2D eigenvalue weighted by Gasteiger charge is 2.30. The van der Waals surface area contributed by atoms with Gasteiger partial charge in [0.15, 0.2) is 0 Å². The molecule has 5 nitrogen and oxygen atoms in total. The van der Waals surface area contributed by atoms with Gasteiger partial charge in [0.05, 0.1) is 11.4 Å². The van der Waals surface area contributed by atoms with Crippen molar-refractivity contribution in [2.45, 2.75) is 52.6 Å². The van der Waals surface area contributed by atoms with Crippen molar-refractivity contribution in [2.75, 3.05) is 6.54 Å². The van der Waals surface area contributed by atoms with Gasteiger partial charge in [-0.05, 0) is 39.3 Å². The number of nitrogens with zero attached hydrogens (tertiary/aromatic N) is 4. The first-order chi connectivity index (χ1) is 10.2. The molecule has 1 unspecified atom stereocenters. The smallest absolute Gasteiger partial charge is 0.138 e. The number of aryl methyl sites for hydroxylation is 3. The van der Waals surface area contributed by atoms with E-state index in [4.69, 9.17) is 4.52 Å². The van der Waals surface area contributed by atoms with Crippen molar-refractivity contribution in [1.82, 2.24) is 20.0 Å². The minimum absolute atomic E-state index is 0.399. The highest BCUT2D eigenvalue weighted by molar-refractivity contribution is 5.26. The molecule has 2 aromatic rings. The second-order valence-electron chi connectivity index (χ2n) is 5.68. The molecule has 0 bridgehead atoms. The molecule has 1 fully saturated rings. The first kappa shape index (κ1) is 14.2. The summed E-state index contributed by atoms with van der Waals surface area (Å²) in [5.41, 5.74) is 3.37. The predicted molar refractivity (Wildman–Crippen MR) is 79.8 cm³/mol. The van der Waals surface area contributed by atoms with E-state index in [2.05, 4.69) is 26.9 Å². The first-order valence-electron chi connectivity index (χ1n) is 7.66. The molecule has 112 valence electrons. The van der Waals surface area contributed by atoms with Crippen LogP contribution < -0.4 is 0 Å². The lowest BCUT2D eigenvalue weighted by Gasteiger charge is -2.24. The molecule has 2 aromatic heterocycles. The van der Waals surface area contributed by atoms with E-state index >= 15 is 0 Å². The third-order valence-corrected chi connectivity index (χ3v) is 4.23. The molecule has 0 amide bonds. The number of rotatable bonds is 4. The van der Waals surface area contributed by atoms with E-state index in [1.54, 1.807) is 0 Å². The lowest BCUT2D eigenvalue weighted by Crippen LogP contribution is -2.24.